The SMILES string of the molecule is CCC(C)N(Cc1cccn1Cc1ccccc1Cl)C(=O)c1ccc(C)cc1. The summed E-state index contributed by atoms with van der Waals surface area (Å²) in [5.74, 6) is 0.0693. The number of hydrogen-bond donors (Lipinski definition) is 0. The van der Waals surface area contributed by atoms with Crippen LogP contribution in [0.2, 0.25) is 5.02 Å². The molecule has 3 nitrogen and oxygen atoms in total. The molecule has 0 N–H and O–H groups in total. The van der Waals surface area contributed by atoms with Gasteiger partial charge in [0.2, 0.25) is 0 Å². The molecule has 0 fully saturated rings. The van der Waals surface area contributed by atoms with Crippen LogP contribution in [-0.2, 0) is 13.1 Å². The molecule has 0 aliphatic rings. The highest BCUT2D eigenvalue weighted by Gasteiger charge is 2.22. The van der Waals surface area contributed by atoms with E-state index in [1.807, 2.05) is 72.6 Å². The third-order valence-electron chi connectivity index (χ3n) is 5.24. The minimum Gasteiger partial charge on any atom is -0.345 e. The first-order valence-corrected chi connectivity index (χ1v) is 10.1. The Bertz CT molecular complexity index is 930. The first-order chi connectivity index (χ1) is 13.5. The molecule has 146 valence electrons. The summed E-state index contributed by atoms with van der Waals surface area (Å²) in [4.78, 5) is 15.2. The fraction of sp³-hybridized carbons (Fsp3) is 0.292. The van der Waals surface area contributed by atoms with E-state index in [0.717, 1.165) is 33.8 Å². The largest absolute Gasteiger partial charge is 0.345 e. The van der Waals surface area contributed by atoms with Crippen LogP contribution in [-0.4, -0.2) is 21.4 Å². The van der Waals surface area contributed by atoms with Gasteiger partial charge in [0.05, 0.1) is 6.54 Å². The number of benzene rings is 2. The van der Waals surface area contributed by atoms with Crippen molar-refractivity contribution >= 4 is 17.5 Å². The zero-order valence-corrected chi connectivity index (χ0v) is 17.5. The van der Waals surface area contributed by atoms with Crippen molar-refractivity contribution in [2.75, 3.05) is 0 Å². The normalized spacial score (nSPS) is 12.0. The Morgan fingerprint density at radius 1 is 1.07 bits per heavy atom. The molecule has 28 heavy (non-hydrogen) atoms. The van der Waals surface area contributed by atoms with Gasteiger partial charge in [0.25, 0.3) is 5.91 Å². The predicted octanol–water partition coefficient (Wildman–Crippen LogP) is 5.94. The maximum atomic E-state index is 13.2. The second kappa shape index (κ2) is 9.11. The van der Waals surface area contributed by atoms with Crippen molar-refractivity contribution in [1.29, 1.82) is 0 Å². The molecule has 2 aromatic carbocycles. The molecule has 1 aromatic heterocycles. The van der Waals surface area contributed by atoms with Crippen LogP contribution in [0.3, 0.4) is 0 Å². The monoisotopic (exact) mass is 394 g/mol. The lowest BCUT2D eigenvalue weighted by Crippen LogP contribution is -2.38. The third kappa shape index (κ3) is 4.66. The number of hydrogen-bond acceptors (Lipinski definition) is 1. The van der Waals surface area contributed by atoms with E-state index in [1.54, 1.807) is 0 Å². The Morgan fingerprint density at radius 3 is 2.46 bits per heavy atom. The van der Waals surface area contributed by atoms with Crippen molar-refractivity contribution in [2.45, 2.75) is 46.3 Å². The summed E-state index contributed by atoms with van der Waals surface area (Å²) in [5.41, 5.74) is 4.05. The molecule has 1 atom stereocenters. The molecule has 0 radical (unpaired) electrons. The van der Waals surface area contributed by atoms with Gasteiger partial charge in [0, 0.05) is 35.1 Å². The van der Waals surface area contributed by atoms with Crippen LogP contribution >= 0.6 is 11.6 Å². The van der Waals surface area contributed by atoms with E-state index in [1.165, 1.54) is 0 Å². The molecule has 3 aromatic rings. The average molecular weight is 395 g/mol. The van der Waals surface area contributed by atoms with Gasteiger partial charge < -0.3 is 9.47 Å². The van der Waals surface area contributed by atoms with E-state index in [2.05, 4.69) is 24.5 Å². The molecular formula is C24H27ClN2O. The number of amides is 1. The highest BCUT2D eigenvalue weighted by atomic mass is 35.5. The standard InChI is InChI=1S/C24H27ClN2O/c1-4-19(3)27(24(28)20-13-11-18(2)12-14-20)17-22-9-7-15-26(22)16-21-8-5-6-10-23(21)25/h5-15,19H,4,16-17H2,1-3H3. The number of halogens is 1. The second-order valence-corrected chi connectivity index (χ2v) is 7.68. The van der Waals surface area contributed by atoms with E-state index in [4.69, 9.17) is 11.6 Å². The average Bonchev–Trinajstić information content (AvgIpc) is 3.14. The molecule has 0 saturated carbocycles. The van der Waals surface area contributed by atoms with Crippen LogP contribution in [0.1, 0.15) is 47.4 Å². The van der Waals surface area contributed by atoms with E-state index < -0.39 is 0 Å². The summed E-state index contributed by atoms with van der Waals surface area (Å²) in [6.07, 6.45) is 2.95. The zero-order chi connectivity index (χ0) is 20.1. The van der Waals surface area contributed by atoms with Gasteiger partial charge in [-0.15, -0.1) is 0 Å². The van der Waals surface area contributed by atoms with E-state index in [0.29, 0.717) is 13.1 Å². The quantitative estimate of drug-likeness (QED) is 0.486. The summed E-state index contributed by atoms with van der Waals surface area (Å²) < 4.78 is 2.17. The number of aryl methyl sites for hydroxylation is 1. The number of carbonyl (C=O) groups is 1. The van der Waals surface area contributed by atoms with E-state index in [-0.39, 0.29) is 11.9 Å². The maximum absolute atomic E-state index is 13.2. The lowest BCUT2D eigenvalue weighted by atomic mass is 10.1. The molecule has 1 unspecified atom stereocenters. The van der Waals surface area contributed by atoms with Gasteiger partial charge in [-0.1, -0.05) is 54.4 Å². The highest BCUT2D eigenvalue weighted by molar-refractivity contribution is 6.31. The van der Waals surface area contributed by atoms with Gasteiger partial charge in [-0.3, -0.25) is 4.79 Å². The molecule has 0 aliphatic heterocycles. The first kappa shape index (κ1) is 20.2. The van der Waals surface area contributed by atoms with Crippen LogP contribution in [0.4, 0.5) is 0 Å². The van der Waals surface area contributed by atoms with Crippen LogP contribution in [0.15, 0.2) is 66.9 Å². The van der Waals surface area contributed by atoms with Crippen molar-refractivity contribution in [2.24, 2.45) is 0 Å². The summed E-state index contributed by atoms with van der Waals surface area (Å²) in [7, 11) is 0. The third-order valence-corrected chi connectivity index (χ3v) is 5.61. The van der Waals surface area contributed by atoms with Gasteiger partial charge in [-0.2, -0.15) is 0 Å². The fourth-order valence-electron chi connectivity index (χ4n) is 3.24. The fourth-order valence-corrected chi connectivity index (χ4v) is 3.44. The lowest BCUT2D eigenvalue weighted by molar-refractivity contribution is 0.0667. The molecule has 0 spiro atoms. The topological polar surface area (TPSA) is 25.2 Å². The zero-order valence-electron chi connectivity index (χ0n) is 16.7. The van der Waals surface area contributed by atoms with Crippen molar-refractivity contribution in [3.05, 3.63) is 94.3 Å². The highest BCUT2D eigenvalue weighted by Crippen LogP contribution is 2.20. The number of carbonyl (C=O) groups excluding carboxylic acids is 1. The summed E-state index contributed by atoms with van der Waals surface area (Å²) >= 11 is 6.34. The minimum atomic E-state index is 0.0693. The summed E-state index contributed by atoms with van der Waals surface area (Å²) in [5, 5.41) is 0.761. The number of nitrogens with zero attached hydrogens (tertiary/aromatic N) is 2. The lowest BCUT2D eigenvalue weighted by Gasteiger charge is -2.29. The molecule has 0 saturated heterocycles. The van der Waals surface area contributed by atoms with E-state index in [9.17, 15) is 4.79 Å². The Hall–Kier alpha value is -2.52. The maximum Gasteiger partial charge on any atom is 0.254 e. The van der Waals surface area contributed by atoms with Crippen LogP contribution in [0.5, 0.6) is 0 Å². The summed E-state index contributed by atoms with van der Waals surface area (Å²) in [6, 6.07) is 19.9. The second-order valence-electron chi connectivity index (χ2n) is 7.28. The Morgan fingerprint density at radius 2 is 1.79 bits per heavy atom. The van der Waals surface area contributed by atoms with Crippen molar-refractivity contribution in [3.63, 3.8) is 0 Å². The van der Waals surface area contributed by atoms with Crippen LogP contribution in [0, 0.1) is 6.92 Å². The molecule has 0 bridgehead atoms. The Labute approximate surface area is 172 Å². The molecule has 1 amide bonds. The van der Waals surface area contributed by atoms with Gasteiger partial charge in [0.15, 0.2) is 0 Å². The number of rotatable bonds is 7. The van der Waals surface area contributed by atoms with Crippen LogP contribution in [0.25, 0.3) is 0 Å². The van der Waals surface area contributed by atoms with Gasteiger partial charge >= 0.3 is 0 Å². The molecule has 1 heterocycles. The first-order valence-electron chi connectivity index (χ1n) is 9.74. The van der Waals surface area contributed by atoms with E-state index >= 15 is 0 Å². The number of aromatic nitrogens is 1. The van der Waals surface area contributed by atoms with Gasteiger partial charge in [0.1, 0.15) is 0 Å². The molecule has 0 aliphatic carbocycles. The Kier molecular flexibility index (Phi) is 6.58. The predicted molar refractivity (Wildman–Crippen MR) is 116 cm³/mol. The van der Waals surface area contributed by atoms with Crippen molar-refractivity contribution in [1.82, 2.24) is 9.47 Å². The van der Waals surface area contributed by atoms with Gasteiger partial charge in [-0.05, 0) is 56.2 Å². The minimum absolute atomic E-state index is 0.0693. The smallest absolute Gasteiger partial charge is 0.254 e. The molecule has 3 rings (SSSR count). The van der Waals surface area contributed by atoms with Crippen LogP contribution < -0.4 is 0 Å². The van der Waals surface area contributed by atoms with Crippen molar-refractivity contribution in [3.8, 4) is 0 Å². The molecular weight excluding hydrogens is 368 g/mol. The molecule has 4 heteroatoms. The Balaban J connectivity index is 1.84. The van der Waals surface area contributed by atoms with Gasteiger partial charge in [-0.25, -0.2) is 0 Å². The summed E-state index contributed by atoms with van der Waals surface area (Å²) in [6.45, 7) is 7.51. The van der Waals surface area contributed by atoms with Crippen molar-refractivity contribution < 1.29 is 4.79 Å².